The number of carbonyl (C=O) groups is 2. The monoisotopic (exact) mass is 675 g/mol. The number of piperidine rings is 1. The van der Waals surface area contributed by atoms with Gasteiger partial charge in [0.15, 0.2) is 0 Å². The van der Waals surface area contributed by atoms with Crippen molar-refractivity contribution in [2.45, 2.75) is 44.8 Å². The molecule has 1 atom stereocenters. The Morgan fingerprint density at radius 1 is 1.11 bits per heavy atom. The van der Waals surface area contributed by atoms with Crippen molar-refractivity contribution in [2.24, 2.45) is 0 Å². The minimum absolute atomic E-state index is 0.00491. The lowest BCUT2D eigenvalue weighted by Crippen LogP contribution is -2.51. The number of nitrogens with one attached hydrogen (secondary N) is 1. The van der Waals surface area contributed by atoms with Crippen LogP contribution in [0.1, 0.15) is 31.4 Å². The first kappa shape index (κ1) is 33.2. The summed E-state index contributed by atoms with van der Waals surface area (Å²) in [5.41, 5.74) is -0.170. The molecule has 0 radical (unpaired) electrons. The van der Waals surface area contributed by atoms with Crippen molar-refractivity contribution >= 4 is 39.1 Å². The third-order valence-electron chi connectivity index (χ3n) is 8.41. The normalized spacial score (nSPS) is 16.4. The molecule has 3 amide bonds. The number of amides is 3. The van der Waals surface area contributed by atoms with Gasteiger partial charge in [-0.25, -0.2) is 22.4 Å². The molecule has 1 N–H and O–H groups in total. The van der Waals surface area contributed by atoms with Gasteiger partial charge in [-0.2, -0.15) is 0 Å². The van der Waals surface area contributed by atoms with Gasteiger partial charge in [-0.3, -0.25) is 18.7 Å². The average Bonchev–Trinajstić information content (AvgIpc) is 3.16. The molecule has 2 aliphatic heterocycles. The third-order valence-corrected chi connectivity index (χ3v) is 9.88. The molecule has 3 heterocycles. The number of urea groups is 1. The summed E-state index contributed by atoms with van der Waals surface area (Å²) < 4.78 is 45.5. The SMILES string of the molecule is COc1ccc2c(c1)CCN(C1CCN(C(=O)Cn3cc(-c4cccc(F)c4Cl)c(=O)n([C@H](C)CS(C)(=O)=O)c3=O)CC1)C(=O)N2. The van der Waals surface area contributed by atoms with Gasteiger partial charge >= 0.3 is 11.7 Å². The van der Waals surface area contributed by atoms with Gasteiger partial charge in [0.25, 0.3) is 5.56 Å². The van der Waals surface area contributed by atoms with E-state index >= 15 is 0 Å². The Bertz CT molecular complexity index is 1900. The van der Waals surface area contributed by atoms with E-state index in [1.807, 2.05) is 12.1 Å². The number of carbonyl (C=O) groups excluding carboxylic acids is 2. The molecule has 0 spiro atoms. The second-order valence-electron chi connectivity index (χ2n) is 11.7. The number of sulfone groups is 1. The van der Waals surface area contributed by atoms with Crippen LogP contribution in [0.25, 0.3) is 11.1 Å². The quantitative estimate of drug-likeness (QED) is 0.387. The second-order valence-corrected chi connectivity index (χ2v) is 14.2. The number of nitrogens with zero attached hydrogens (tertiary/aromatic N) is 4. The highest BCUT2D eigenvalue weighted by atomic mass is 35.5. The average molecular weight is 676 g/mol. The van der Waals surface area contributed by atoms with E-state index in [-0.39, 0.29) is 28.2 Å². The van der Waals surface area contributed by atoms with E-state index in [1.165, 1.54) is 19.1 Å². The van der Waals surface area contributed by atoms with E-state index in [1.54, 1.807) is 23.0 Å². The van der Waals surface area contributed by atoms with Crippen LogP contribution >= 0.6 is 11.6 Å². The van der Waals surface area contributed by atoms with Gasteiger partial charge < -0.3 is 19.9 Å². The molecule has 3 aromatic rings. The Kier molecular flexibility index (Phi) is 9.59. The fourth-order valence-corrected chi connectivity index (χ4v) is 7.36. The Morgan fingerprint density at radius 3 is 2.50 bits per heavy atom. The number of hydrogen-bond donors (Lipinski definition) is 1. The van der Waals surface area contributed by atoms with Crippen molar-refractivity contribution in [3.05, 3.63) is 79.8 Å². The number of likely N-dealkylation sites (tertiary alicyclic amines) is 1. The zero-order valence-electron chi connectivity index (χ0n) is 25.7. The third kappa shape index (κ3) is 6.97. The van der Waals surface area contributed by atoms with Crippen LogP contribution in [-0.4, -0.2) is 84.1 Å². The standard InChI is InChI=1S/C31H35ClFN5O7S/c1-19(18-46(3,43)44)38-29(40)24(23-5-4-6-25(33)28(23)32)16-36(31(38)42)17-27(39)35-12-10-21(11-13-35)37-14-9-20-15-22(45-2)7-8-26(20)34-30(37)41/h4-8,15-16,19,21H,9-14,17-18H2,1-3H3,(H,34,41)/t19-/m1/s1. The van der Waals surface area contributed by atoms with E-state index < -0.39 is 51.2 Å². The number of hydrogen-bond acceptors (Lipinski definition) is 7. The Balaban J connectivity index is 1.35. The van der Waals surface area contributed by atoms with Crippen molar-refractivity contribution in [2.75, 3.05) is 44.1 Å². The Hall–Kier alpha value is -4.17. The van der Waals surface area contributed by atoms with Gasteiger partial charge in [0, 0.05) is 49.4 Å². The molecule has 1 saturated heterocycles. The summed E-state index contributed by atoms with van der Waals surface area (Å²) in [6.07, 6.45) is 3.82. The van der Waals surface area contributed by atoms with Gasteiger partial charge in [-0.15, -0.1) is 0 Å². The van der Waals surface area contributed by atoms with E-state index in [0.717, 1.165) is 38.9 Å². The zero-order chi connectivity index (χ0) is 33.3. The van der Waals surface area contributed by atoms with Crippen LogP contribution in [0.3, 0.4) is 0 Å². The summed E-state index contributed by atoms with van der Waals surface area (Å²) >= 11 is 6.18. The molecule has 2 aliphatic rings. The van der Waals surface area contributed by atoms with Crippen molar-refractivity contribution in [3.8, 4) is 16.9 Å². The smallest absolute Gasteiger partial charge is 0.331 e. The number of ether oxygens (including phenoxy) is 1. The lowest BCUT2D eigenvalue weighted by atomic mass is 10.0. The minimum atomic E-state index is -3.60. The maximum atomic E-state index is 14.3. The molecule has 246 valence electrons. The molecule has 1 aromatic heterocycles. The maximum Gasteiger partial charge on any atom is 0.331 e. The van der Waals surface area contributed by atoms with Crippen LogP contribution in [0.15, 0.2) is 52.2 Å². The summed E-state index contributed by atoms with van der Waals surface area (Å²) in [4.78, 5) is 57.0. The summed E-state index contributed by atoms with van der Waals surface area (Å²) in [6.45, 7) is 2.12. The van der Waals surface area contributed by atoms with Crippen molar-refractivity contribution in [3.63, 3.8) is 0 Å². The van der Waals surface area contributed by atoms with Gasteiger partial charge in [0.1, 0.15) is 27.9 Å². The second kappa shape index (κ2) is 13.3. The number of benzene rings is 2. The van der Waals surface area contributed by atoms with Crippen molar-refractivity contribution < 1.29 is 27.1 Å². The van der Waals surface area contributed by atoms with Crippen molar-refractivity contribution in [1.82, 2.24) is 18.9 Å². The van der Waals surface area contributed by atoms with Crippen molar-refractivity contribution in [1.29, 1.82) is 0 Å². The highest BCUT2D eigenvalue weighted by Gasteiger charge is 2.32. The zero-order valence-corrected chi connectivity index (χ0v) is 27.2. The molecule has 12 nitrogen and oxygen atoms in total. The number of halogens is 2. The maximum absolute atomic E-state index is 14.3. The largest absolute Gasteiger partial charge is 0.497 e. The van der Waals surface area contributed by atoms with E-state index in [9.17, 15) is 32.0 Å². The molecule has 0 unspecified atom stereocenters. The van der Waals surface area contributed by atoms with Gasteiger partial charge in [0.05, 0.1) is 29.5 Å². The summed E-state index contributed by atoms with van der Waals surface area (Å²) in [7, 11) is -2.01. The molecule has 15 heteroatoms. The predicted octanol–water partition coefficient (Wildman–Crippen LogP) is 3.16. The van der Waals surface area contributed by atoms with E-state index in [4.69, 9.17) is 16.3 Å². The van der Waals surface area contributed by atoms with Crippen LogP contribution in [0.5, 0.6) is 5.75 Å². The number of methoxy groups -OCH3 is 1. The molecule has 2 aromatic carbocycles. The van der Waals surface area contributed by atoms with Crippen LogP contribution in [0.4, 0.5) is 14.9 Å². The Morgan fingerprint density at radius 2 is 1.83 bits per heavy atom. The molecule has 0 bridgehead atoms. The first-order valence-corrected chi connectivity index (χ1v) is 17.2. The summed E-state index contributed by atoms with van der Waals surface area (Å²) in [5.74, 6) is -0.990. The van der Waals surface area contributed by atoms with Crippen LogP contribution in [0.2, 0.25) is 5.02 Å². The first-order valence-electron chi connectivity index (χ1n) is 14.8. The van der Waals surface area contributed by atoms with Gasteiger partial charge in [-0.05, 0) is 56.0 Å². The number of aromatic nitrogens is 2. The molecule has 46 heavy (non-hydrogen) atoms. The van der Waals surface area contributed by atoms with Gasteiger partial charge in [-0.1, -0.05) is 23.7 Å². The molecule has 0 aliphatic carbocycles. The van der Waals surface area contributed by atoms with Crippen LogP contribution in [-0.2, 0) is 27.6 Å². The van der Waals surface area contributed by atoms with E-state index in [2.05, 4.69) is 5.32 Å². The van der Waals surface area contributed by atoms with Crippen LogP contribution < -0.4 is 21.3 Å². The topological polar surface area (TPSA) is 140 Å². The summed E-state index contributed by atoms with van der Waals surface area (Å²) in [6, 6.07) is 7.99. The van der Waals surface area contributed by atoms with Gasteiger partial charge in [0.2, 0.25) is 5.91 Å². The van der Waals surface area contributed by atoms with E-state index in [0.29, 0.717) is 44.6 Å². The first-order chi connectivity index (χ1) is 21.8. The lowest BCUT2D eigenvalue weighted by Gasteiger charge is -2.38. The summed E-state index contributed by atoms with van der Waals surface area (Å²) in [5, 5.41) is 2.62. The molecule has 0 saturated carbocycles. The molecule has 1 fully saturated rings. The predicted molar refractivity (Wildman–Crippen MR) is 172 cm³/mol. The van der Waals surface area contributed by atoms with Crippen LogP contribution in [0, 0.1) is 5.82 Å². The Labute approximate surface area is 270 Å². The fraction of sp³-hybridized carbons (Fsp3) is 0.419. The molecular formula is C31H35ClFN5O7S. The highest BCUT2D eigenvalue weighted by molar-refractivity contribution is 7.90. The molecule has 5 rings (SSSR count). The lowest BCUT2D eigenvalue weighted by molar-refractivity contribution is -0.133. The minimum Gasteiger partial charge on any atom is -0.497 e. The number of rotatable bonds is 8. The number of fused-ring (bicyclic) bond motifs is 1. The fourth-order valence-electron chi connectivity index (χ4n) is 6.11. The highest BCUT2D eigenvalue weighted by Crippen LogP contribution is 2.29. The molecular weight excluding hydrogens is 641 g/mol. The number of anilines is 1.